The SMILES string of the molecule is O=C(NCc1cn(-c2ccc(N3C(F)=CC=CC3O)cc2)cn1)c1ccc(Cl)s1. The van der Waals surface area contributed by atoms with Crippen molar-refractivity contribution in [3.8, 4) is 5.69 Å². The molecule has 0 radical (unpaired) electrons. The zero-order chi connectivity index (χ0) is 20.4. The number of aliphatic hydroxyl groups is 1. The van der Waals surface area contributed by atoms with E-state index in [1.165, 1.54) is 34.5 Å². The van der Waals surface area contributed by atoms with E-state index >= 15 is 0 Å². The molecule has 1 atom stereocenters. The number of benzene rings is 1. The fraction of sp³-hybridized carbons (Fsp3) is 0.100. The van der Waals surface area contributed by atoms with Gasteiger partial charge in [-0.15, -0.1) is 11.3 Å². The molecule has 148 valence electrons. The van der Waals surface area contributed by atoms with Gasteiger partial charge in [-0.2, -0.15) is 4.39 Å². The third-order valence-electron chi connectivity index (χ3n) is 4.30. The third kappa shape index (κ3) is 4.24. The van der Waals surface area contributed by atoms with Crippen molar-refractivity contribution >= 4 is 34.5 Å². The summed E-state index contributed by atoms with van der Waals surface area (Å²) in [5.41, 5.74) is 2.03. The normalized spacial score (nSPS) is 16.0. The van der Waals surface area contributed by atoms with Gasteiger partial charge in [0.25, 0.3) is 5.91 Å². The number of hydrogen-bond donors (Lipinski definition) is 2. The van der Waals surface area contributed by atoms with Crippen molar-refractivity contribution in [1.82, 2.24) is 14.9 Å². The van der Waals surface area contributed by atoms with E-state index in [2.05, 4.69) is 10.3 Å². The Morgan fingerprint density at radius 1 is 1.24 bits per heavy atom. The lowest BCUT2D eigenvalue weighted by atomic mass is 10.2. The van der Waals surface area contributed by atoms with E-state index in [-0.39, 0.29) is 12.5 Å². The molecule has 0 saturated carbocycles. The maximum atomic E-state index is 14.0. The number of anilines is 1. The van der Waals surface area contributed by atoms with Crippen molar-refractivity contribution in [1.29, 1.82) is 0 Å². The minimum atomic E-state index is -1.05. The van der Waals surface area contributed by atoms with Crippen molar-refractivity contribution < 1.29 is 14.3 Å². The van der Waals surface area contributed by atoms with Crippen LogP contribution < -0.4 is 10.2 Å². The molecule has 9 heteroatoms. The zero-order valence-electron chi connectivity index (χ0n) is 15.0. The van der Waals surface area contributed by atoms with Crippen molar-refractivity contribution in [3.05, 3.63) is 88.0 Å². The fourth-order valence-electron chi connectivity index (χ4n) is 2.88. The molecule has 2 aromatic heterocycles. The second kappa shape index (κ2) is 8.20. The first-order valence-electron chi connectivity index (χ1n) is 8.69. The zero-order valence-corrected chi connectivity index (χ0v) is 16.6. The molecule has 0 saturated heterocycles. The van der Waals surface area contributed by atoms with Crippen LogP contribution in [-0.4, -0.2) is 26.8 Å². The highest BCUT2D eigenvalue weighted by Crippen LogP contribution is 2.26. The summed E-state index contributed by atoms with van der Waals surface area (Å²) in [6, 6.07) is 10.4. The van der Waals surface area contributed by atoms with E-state index in [9.17, 15) is 14.3 Å². The summed E-state index contributed by atoms with van der Waals surface area (Å²) in [7, 11) is 0. The van der Waals surface area contributed by atoms with Crippen molar-refractivity contribution in [2.45, 2.75) is 12.8 Å². The van der Waals surface area contributed by atoms with Crippen LogP contribution in [0.1, 0.15) is 15.4 Å². The number of amides is 1. The number of carbonyl (C=O) groups excluding carboxylic acids is 1. The molecule has 3 aromatic rings. The average molecular weight is 431 g/mol. The molecule has 0 fully saturated rings. The van der Waals surface area contributed by atoms with Crippen LogP contribution >= 0.6 is 22.9 Å². The first-order chi connectivity index (χ1) is 14.0. The molecule has 3 heterocycles. The molecule has 1 unspecified atom stereocenters. The maximum Gasteiger partial charge on any atom is 0.261 e. The quantitative estimate of drug-likeness (QED) is 0.600. The van der Waals surface area contributed by atoms with Gasteiger partial charge in [0.1, 0.15) is 0 Å². The summed E-state index contributed by atoms with van der Waals surface area (Å²) in [5.74, 6) is -0.731. The third-order valence-corrected chi connectivity index (χ3v) is 5.53. The van der Waals surface area contributed by atoms with Gasteiger partial charge in [-0.1, -0.05) is 17.7 Å². The molecule has 29 heavy (non-hydrogen) atoms. The Balaban J connectivity index is 1.42. The van der Waals surface area contributed by atoms with Gasteiger partial charge < -0.3 is 15.0 Å². The van der Waals surface area contributed by atoms with Crippen LogP contribution in [0.5, 0.6) is 0 Å². The molecular formula is C20H16ClFN4O2S. The number of nitrogens with zero attached hydrogens (tertiary/aromatic N) is 3. The van der Waals surface area contributed by atoms with Gasteiger partial charge in [-0.25, -0.2) is 4.98 Å². The number of nitrogens with one attached hydrogen (secondary N) is 1. The van der Waals surface area contributed by atoms with Crippen LogP contribution in [0.2, 0.25) is 4.34 Å². The van der Waals surface area contributed by atoms with E-state index in [0.717, 1.165) is 5.69 Å². The number of halogens is 2. The summed E-state index contributed by atoms with van der Waals surface area (Å²) < 4.78 is 16.4. The van der Waals surface area contributed by atoms with Gasteiger partial charge in [0, 0.05) is 17.6 Å². The molecular weight excluding hydrogens is 415 g/mol. The summed E-state index contributed by atoms with van der Waals surface area (Å²) in [5, 5.41) is 12.8. The molecule has 6 nitrogen and oxygen atoms in total. The van der Waals surface area contributed by atoms with Gasteiger partial charge in [0.2, 0.25) is 0 Å². The van der Waals surface area contributed by atoms with Crippen LogP contribution in [-0.2, 0) is 6.54 Å². The number of allylic oxidation sites excluding steroid dienone is 2. The second-order valence-electron chi connectivity index (χ2n) is 6.23. The topological polar surface area (TPSA) is 70.4 Å². The minimum Gasteiger partial charge on any atom is -0.369 e. The van der Waals surface area contributed by atoms with Crippen LogP contribution in [0, 0.1) is 0 Å². The van der Waals surface area contributed by atoms with Gasteiger partial charge in [-0.05, 0) is 48.6 Å². The highest BCUT2D eigenvalue weighted by molar-refractivity contribution is 7.17. The Bertz CT molecular complexity index is 1090. The van der Waals surface area contributed by atoms with Crippen molar-refractivity contribution in [3.63, 3.8) is 0 Å². The van der Waals surface area contributed by atoms with Crippen molar-refractivity contribution in [2.75, 3.05) is 4.90 Å². The number of carbonyl (C=O) groups is 1. The first kappa shape index (κ1) is 19.4. The fourth-order valence-corrected chi connectivity index (χ4v) is 3.84. The lowest BCUT2D eigenvalue weighted by Gasteiger charge is -2.28. The average Bonchev–Trinajstić information content (AvgIpc) is 3.36. The molecule has 2 N–H and O–H groups in total. The predicted molar refractivity (Wildman–Crippen MR) is 111 cm³/mol. The number of hydrogen-bond acceptors (Lipinski definition) is 5. The molecule has 0 bridgehead atoms. The van der Waals surface area contributed by atoms with E-state index in [1.54, 1.807) is 53.5 Å². The highest BCUT2D eigenvalue weighted by Gasteiger charge is 2.20. The second-order valence-corrected chi connectivity index (χ2v) is 7.95. The summed E-state index contributed by atoms with van der Waals surface area (Å²) >= 11 is 7.07. The van der Waals surface area contributed by atoms with Crippen molar-refractivity contribution in [2.24, 2.45) is 0 Å². The summed E-state index contributed by atoms with van der Waals surface area (Å²) in [4.78, 5) is 18.1. The molecule has 1 aliphatic heterocycles. The summed E-state index contributed by atoms with van der Waals surface area (Å²) in [6.45, 7) is 0.280. The Labute approximate surface area is 175 Å². The van der Waals surface area contributed by atoms with Gasteiger partial charge >= 0.3 is 0 Å². The maximum absolute atomic E-state index is 14.0. The number of imidazole rings is 1. The predicted octanol–water partition coefficient (Wildman–Crippen LogP) is 4.02. The molecule has 4 rings (SSSR count). The number of aromatic nitrogens is 2. The number of rotatable bonds is 5. The first-order valence-corrected chi connectivity index (χ1v) is 9.89. The van der Waals surface area contributed by atoms with Crippen LogP contribution in [0.25, 0.3) is 5.69 Å². The lowest BCUT2D eigenvalue weighted by molar-refractivity contribution is 0.0954. The minimum absolute atomic E-state index is 0.204. The van der Waals surface area contributed by atoms with Gasteiger partial charge in [0.05, 0.1) is 27.8 Å². The standard InChI is InChI=1S/C20H16ClFN4O2S/c21-17-9-8-16(29-17)20(28)23-10-13-11-25(12-24-13)14-4-6-15(7-5-14)26-18(22)2-1-3-19(26)27/h1-9,11-12,19,27H,10H2,(H,23,28). The Kier molecular flexibility index (Phi) is 5.48. The van der Waals surface area contributed by atoms with Crippen LogP contribution in [0.4, 0.5) is 10.1 Å². The van der Waals surface area contributed by atoms with Crippen LogP contribution in [0.3, 0.4) is 0 Å². The van der Waals surface area contributed by atoms with Gasteiger partial charge in [0.15, 0.2) is 12.2 Å². The largest absolute Gasteiger partial charge is 0.369 e. The molecule has 0 aliphatic carbocycles. The monoisotopic (exact) mass is 430 g/mol. The Hall–Kier alpha value is -2.94. The molecule has 0 spiro atoms. The molecule has 1 amide bonds. The smallest absolute Gasteiger partial charge is 0.261 e. The van der Waals surface area contributed by atoms with E-state index < -0.39 is 12.2 Å². The van der Waals surface area contributed by atoms with E-state index in [1.807, 2.05) is 0 Å². The summed E-state index contributed by atoms with van der Waals surface area (Å²) in [6.07, 6.45) is 6.66. The molecule has 1 aliphatic rings. The Morgan fingerprint density at radius 2 is 2.00 bits per heavy atom. The van der Waals surface area contributed by atoms with Crippen LogP contribution in [0.15, 0.2) is 73.1 Å². The van der Waals surface area contributed by atoms with Gasteiger partial charge in [-0.3, -0.25) is 9.69 Å². The lowest BCUT2D eigenvalue weighted by Crippen LogP contribution is -2.33. The highest BCUT2D eigenvalue weighted by atomic mass is 35.5. The molecule has 1 aromatic carbocycles. The Morgan fingerprint density at radius 3 is 2.69 bits per heavy atom. The number of thiophene rings is 1. The number of aliphatic hydroxyl groups excluding tert-OH is 1. The van der Waals surface area contributed by atoms with E-state index in [0.29, 0.717) is 20.6 Å². The van der Waals surface area contributed by atoms with E-state index in [4.69, 9.17) is 11.6 Å².